The molecule has 0 radical (unpaired) electrons. The van der Waals surface area contributed by atoms with Crippen LogP contribution in [0.15, 0.2) is 41.6 Å². The second-order valence-electron chi connectivity index (χ2n) is 6.66. The fourth-order valence-electron chi connectivity index (χ4n) is 3.09. The molecule has 0 spiro atoms. The summed E-state index contributed by atoms with van der Waals surface area (Å²) in [6, 6.07) is 5.70. The van der Waals surface area contributed by atoms with Crippen LogP contribution < -0.4 is 10.3 Å². The van der Waals surface area contributed by atoms with Crippen molar-refractivity contribution in [3.05, 3.63) is 58.3 Å². The van der Waals surface area contributed by atoms with Crippen LogP contribution in [0.1, 0.15) is 24.0 Å². The van der Waals surface area contributed by atoms with Gasteiger partial charge in [-0.2, -0.15) is 0 Å². The van der Waals surface area contributed by atoms with E-state index in [9.17, 15) is 4.79 Å². The Labute approximate surface area is 142 Å². The molecular formula is C19H25N3O2. The summed E-state index contributed by atoms with van der Waals surface area (Å²) in [5, 5.41) is 0. The zero-order valence-electron chi connectivity index (χ0n) is 14.4. The molecule has 0 saturated carbocycles. The fourth-order valence-corrected chi connectivity index (χ4v) is 3.09. The third kappa shape index (κ3) is 4.23. The molecule has 1 aliphatic heterocycles. The first kappa shape index (κ1) is 16.7. The molecule has 0 bridgehead atoms. The van der Waals surface area contributed by atoms with Crippen LogP contribution in [0.4, 0.5) is 0 Å². The van der Waals surface area contributed by atoms with Crippen LogP contribution in [-0.4, -0.2) is 34.1 Å². The molecule has 1 aliphatic rings. The van der Waals surface area contributed by atoms with Gasteiger partial charge < -0.3 is 9.30 Å². The third-order valence-electron chi connectivity index (χ3n) is 4.73. The first-order valence-corrected chi connectivity index (χ1v) is 8.53. The van der Waals surface area contributed by atoms with Gasteiger partial charge >= 0.3 is 0 Å². The van der Waals surface area contributed by atoms with Crippen molar-refractivity contribution in [1.82, 2.24) is 14.5 Å². The molecule has 24 heavy (non-hydrogen) atoms. The van der Waals surface area contributed by atoms with Crippen LogP contribution in [0.2, 0.25) is 0 Å². The first-order chi connectivity index (χ1) is 11.6. The van der Waals surface area contributed by atoms with E-state index in [-0.39, 0.29) is 5.56 Å². The van der Waals surface area contributed by atoms with Gasteiger partial charge in [0, 0.05) is 43.8 Å². The normalized spacial score (nSPS) is 16.2. The topological polar surface area (TPSA) is 47.4 Å². The summed E-state index contributed by atoms with van der Waals surface area (Å²) in [5.41, 5.74) is 2.24. The lowest BCUT2D eigenvalue weighted by molar-refractivity contribution is 0.136. The van der Waals surface area contributed by atoms with Crippen molar-refractivity contribution < 1.29 is 4.74 Å². The maximum atomic E-state index is 11.7. The van der Waals surface area contributed by atoms with Gasteiger partial charge in [0.05, 0.1) is 6.61 Å². The highest BCUT2D eigenvalue weighted by atomic mass is 16.5. The highest BCUT2D eigenvalue weighted by molar-refractivity contribution is 5.28. The maximum Gasteiger partial charge on any atom is 0.250 e. The van der Waals surface area contributed by atoms with Crippen molar-refractivity contribution in [2.45, 2.75) is 26.3 Å². The van der Waals surface area contributed by atoms with Crippen molar-refractivity contribution >= 4 is 0 Å². The first-order valence-electron chi connectivity index (χ1n) is 8.53. The number of hydrogen-bond acceptors (Lipinski definition) is 4. The summed E-state index contributed by atoms with van der Waals surface area (Å²) in [6.45, 7) is 5.75. The predicted octanol–water partition coefficient (Wildman–Crippen LogP) is 2.38. The third-order valence-corrected chi connectivity index (χ3v) is 4.73. The Balaban J connectivity index is 1.46. The summed E-state index contributed by atoms with van der Waals surface area (Å²) >= 11 is 0. The molecular weight excluding hydrogens is 302 g/mol. The van der Waals surface area contributed by atoms with Crippen LogP contribution in [-0.2, 0) is 13.6 Å². The average molecular weight is 327 g/mol. The van der Waals surface area contributed by atoms with Gasteiger partial charge in [-0.25, -0.2) is 0 Å². The molecule has 2 aromatic rings. The van der Waals surface area contributed by atoms with Crippen LogP contribution in [0.3, 0.4) is 0 Å². The number of rotatable bonds is 5. The number of nitrogens with zero attached hydrogens (tertiary/aromatic N) is 3. The number of aryl methyl sites for hydroxylation is 2. The fraction of sp³-hybridized carbons (Fsp3) is 0.474. The van der Waals surface area contributed by atoms with E-state index in [1.807, 2.05) is 31.5 Å². The van der Waals surface area contributed by atoms with Gasteiger partial charge in [0.2, 0.25) is 0 Å². The second kappa shape index (κ2) is 7.62. The Morgan fingerprint density at radius 2 is 2.08 bits per heavy atom. The zero-order valence-corrected chi connectivity index (χ0v) is 14.4. The van der Waals surface area contributed by atoms with Gasteiger partial charge in [0.25, 0.3) is 5.56 Å². The molecule has 128 valence electrons. The highest BCUT2D eigenvalue weighted by Crippen LogP contribution is 2.22. The molecule has 2 aromatic heterocycles. The average Bonchev–Trinajstić information content (AvgIpc) is 2.59. The van der Waals surface area contributed by atoms with Gasteiger partial charge in [-0.15, -0.1) is 0 Å². The van der Waals surface area contributed by atoms with Crippen LogP contribution in [0, 0.1) is 12.8 Å². The molecule has 3 heterocycles. The smallest absolute Gasteiger partial charge is 0.250 e. The Kier molecular flexibility index (Phi) is 5.30. The van der Waals surface area contributed by atoms with E-state index < -0.39 is 0 Å². The Morgan fingerprint density at radius 3 is 2.79 bits per heavy atom. The van der Waals surface area contributed by atoms with E-state index in [2.05, 4.69) is 9.88 Å². The lowest BCUT2D eigenvalue weighted by Crippen LogP contribution is -2.35. The van der Waals surface area contributed by atoms with Crippen LogP contribution in [0.25, 0.3) is 0 Å². The summed E-state index contributed by atoms with van der Waals surface area (Å²) in [6.07, 6.45) is 7.72. The van der Waals surface area contributed by atoms with E-state index in [1.54, 1.807) is 23.9 Å². The van der Waals surface area contributed by atoms with Crippen molar-refractivity contribution in [2.75, 3.05) is 19.7 Å². The Morgan fingerprint density at radius 1 is 1.29 bits per heavy atom. The zero-order chi connectivity index (χ0) is 16.9. The van der Waals surface area contributed by atoms with E-state index in [1.165, 1.54) is 0 Å². The Hall–Kier alpha value is -2.14. The SMILES string of the molecule is Cc1cnccc1OCC1CCN(Cc2ccn(C)c(=O)c2)CC1. The molecule has 1 fully saturated rings. The van der Waals surface area contributed by atoms with Crippen molar-refractivity contribution in [3.63, 3.8) is 0 Å². The quantitative estimate of drug-likeness (QED) is 0.846. The maximum absolute atomic E-state index is 11.7. The molecule has 0 N–H and O–H groups in total. The molecule has 0 aliphatic carbocycles. The summed E-state index contributed by atoms with van der Waals surface area (Å²) in [5.74, 6) is 1.53. The van der Waals surface area contributed by atoms with Crippen molar-refractivity contribution in [3.8, 4) is 5.75 Å². The molecule has 3 rings (SSSR count). The van der Waals surface area contributed by atoms with E-state index in [0.29, 0.717) is 5.92 Å². The predicted molar refractivity (Wildman–Crippen MR) is 94.2 cm³/mol. The summed E-state index contributed by atoms with van der Waals surface area (Å²) in [7, 11) is 1.78. The van der Waals surface area contributed by atoms with Crippen LogP contribution >= 0.6 is 0 Å². The number of pyridine rings is 2. The monoisotopic (exact) mass is 327 g/mol. The molecule has 1 saturated heterocycles. The number of ether oxygens (including phenoxy) is 1. The highest BCUT2D eigenvalue weighted by Gasteiger charge is 2.20. The molecule has 5 heteroatoms. The van der Waals surface area contributed by atoms with Gasteiger partial charge in [-0.3, -0.25) is 14.7 Å². The summed E-state index contributed by atoms with van der Waals surface area (Å²) in [4.78, 5) is 18.2. The molecule has 0 aromatic carbocycles. The van der Waals surface area contributed by atoms with E-state index in [0.717, 1.165) is 56.0 Å². The number of aromatic nitrogens is 2. The standard InChI is InChI=1S/C19H25N3O2/c1-15-12-20-7-3-18(15)24-14-16-5-9-22(10-6-16)13-17-4-8-21(2)19(23)11-17/h3-4,7-8,11-12,16H,5-6,9-10,13-14H2,1-2H3. The van der Waals surface area contributed by atoms with Gasteiger partial charge in [-0.1, -0.05) is 0 Å². The lowest BCUT2D eigenvalue weighted by Gasteiger charge is -2.31. The Bertz CT molecular complexity index is 733. The van der Waals surface area contributed by atoms with Crippen molar-refractivity contribution in [2.24, 2.45) is 13.0 Å². The molecule has 0 amide bonds. The largest absolute Gasteiger partial charge is 0.493 e. The number of likely N-dealkylation sites (tertiary alicyclic amines) is 1. The van der Waals surface area contributed by atoms with Gasteiger partial charge in [0.1, 0.15) is 5.75 Å². The molecule has 0 unspecified atom stereocenters. The van der Waals surface area contributed by atoms with Gasteiger partial charge in [-0.05, 0) is 56.5 Å². The minimum absolute atomic E-state index is 0.0588. The molecule has 5 nitrogen and oxygen atoms in total. The lowest BCUT2D eigenvalue weighted by atomic mass is 9.97. The van der Waals surface area contributed by atoms with E-state index in [4.69, 9.17) is 4.74 Å². The minimum atomic E-state index is 0.0588. The van der Waals surface area contributed by atoms with Gasteiger partial charge in [0.15, 0.2) is 0 Å². The van der Waals surface area contributed by atoms with Crippen molar-refractivity contribution in [1.29, 1.82) is 0 Å². The molecule has 0 atom stereocenters. The second-order valence-corrected chi connectivity index (χ2v) is 6.66. The minimum Gasteiger partial charge on any atom is -0.493 e. The number of hydrogen-bond donors (Lipinski definition) is 0. The van der Waals surface area contributed by atoms with E-state index >= 15 is 0 Å². The van der Waals surface area contributed by atoms with Crippen LogP contribution in [0.5, 0.6) is 5.75 Å². The summed E-state index contributed by atoms with van der Waals surface area (Å²) < 4.78 is 7.56. The number of piperidine rings is 1.